The molecule has 3 amide bonds. The van der Waals surface area contributed by atoms with Crippen LogP contribution in [0, 0.1) is 0 Å². The van der Waals surface area contributed by atoms with Crippen molar-refractivity contribution in [3.8, 4) is 0 Å². The van der Waals surface area contributed by atoms with Crippen molar-refractivity contribution in [3.05, 3.63) is 29.8 Å². The first-order chi connectivity index (χ1) is 11.0. The lowest BCUT2D eigenvalue weighted by molar-refractivity contribution is -0.121. The van der Waals surface area contributed by atoms with Gasteiger partial charge < -0.3 is 21.3 Å². The van der Waals surface area contributed by atoms with Gasteiger partial charge in [-0.15, -0.1) is 12.4 Å². The SMILES string of the molecule is CN(C)C(=O)Nc1cccc(CNC(=O)CCCCCCN)c1.Cl. The zero-order chi connectivity index (χ0) is 17.1. The van der Waals surface area contributed by atoms with Gasteiger partial charge in [0.2, 0.25) is 5.91 Å². The fraction of sp³-hybridized carbons (Fsp3) is 0.529. The van der Waals surface area contributed by atoms with Crippen LogP contribution in [0.1, 0.15) is 37.7 Å². The number of hydrogen-bond donors (Lipinski definition) is 3. The fourth-order valence-corrected chi connectivity index (χ4v) is 2.07. The molecule has 0 fully saturated rings. The Hall–Kier alpha value is -1.79. The molecule has 0 aromatic heterocycles. The normalized spacial score (nSPS) is 9.79. The van der Waals surface area contributed by atoms with Crippen molar-refractivity contribution in [3.63, 3.8) is 0 Å². The van der Waals surface area contributed by atoms with E-state index in [-0.39, 0.29) is 24.3 Å². The number of rotatable bonds is 9. The lowest BCUT2D eigenvalue weighted by Crippen LogP contribution is -2.27. The van der Waals surface area contributed by atoms with E-state index in [9.17, 15) is 9.59 Å². The molecule has 0 aliphatic heterocycles. The van der Waals surface area contributed by atoms with E-state index in [1.54, 1.807) is 14.1 Å². The van der Waals surface area contributed by atoms with Gasteiger partial charge in [-0.25, -0.2) is 4.79 Å². The fourth-order valence-electron chi connectivity index (χ4n) is 2.07. The largest absolute Gasteiger partial charge is 0.352 e. The molecule has 6 nitrogen and oxygen atoms in total. The van der Waals surface area contributed by atoms with E-state index < -0.39 is 0 Å². The number of carbonyl (C=O) groups is 2. The van der Waals surface area contributed by atoms with Crippen LogP contribution in [0.5, 0.6) is 0 Å². The van der Waals surface area contributed by atoms with Gasteiger partial charge in [-0.2, -0.15) is 0 Å². The van der Waals surface area contributed by atoms with Gasteiger partial charge in [-0.3, -0.25) is 4.79 Å². The zero-order valence-electron chi connectivity index (χ0n) is 14.5. The first-order valence-electron chi connectivity index (χ1n) is 8.07. The van der Waals surface area contributed by atoms with Gasteiger partial charge in [-0.05, 0) is 37.1 Å². The van der Waals surface area contributed by atoms with Crippen LogP contribution in [0.4, 0.5) is 10.5 Å². The molecule has 136 valence electrons. The predicted octanol–water partition coefficient (Wildman–Crippen LogP) is 2.73. The smallest absolute Gasteiger partial charge is 0.321 e. The number of unbranched alkanes of at least 4 members (excludes halogenated alkanes) is 3. The van der Waals surface area contributed by atoms with Gasteiger partial charge >= 0.3 is 6.03 Å². The van der Waals surface area contributed by atoms with E-state index >= 15 is 0 Å². The Kier molecular flexibility index (Phi) is 11.7. The first kappa shape index (κ1) is 22.2. The molecule has 0 atom stereocenters. The highest BCUT2D eigenvalue weighted by Gasteiger charge is 2.05. The van der Waals surface area contributed by atoms with Gasteiger partial charge in [0.15, 0.2) is 0 Å². The molecule has 0 aliphatic rings. The molecule has 0 unspecified atom stereocenters. The molecule has 1 rings (SSSR count). The van der Waals surface area contributed by atoms with E-state index in [2.05, 4.69) is 10.6 Å². The topological polar surface area (TPSA) is 87.5 Å². The van der Waals surface area contributed by atoms with E-state index in [1.807, 2.05) is 24.3 Å². The molecule has 0 heterocycles. The molecule has 7 heteroatoms. The Labute approximate surface area is 150 Å². The molecular weight excluding hydrogens is 328 g/mol. The number of urea groups is 1. The number of carbonyl (C=O) groups excluding carboxylic acids is 2. The number of nitrogens with two attached hydrogens (primary N) is 1. The van der Waals surface area contributed by atoms with Crippen LogP contribution in [-0.4, -0.2) is 37.5 Å². The summed E-state index contributed by atoms with van der Waals surface area (Å²) in [5.74, 6) is 0.0560. The maximum absolute atomic E-state index is 11.8. The van der Waals surface area contributed by atoms with Crippen molar-refractivity contribution < 1.29 is 9.59 Å². The van der Waals surface area contributed by atoms with Crippen LogP contribution in [0.3, 0.4) is 0 Å². The van der Waals surface area contributed by atoms with Gasteiger partial charge in [0.25, 0.3) is 0 Å². The van der Waals surface area contributed by atoms with Crippen molar-refractivity contribution in [2.45, 2.75) is 38.6 Å². The van der Waals surface area contributed by atoms with Crippen LogP contribution < -0.4 is 16.4 Å². The molecule has 0 bridgehead atoms. The van der Waals surface area contributed by atoms with Gasteiger partial charge in [-0.1, -0.05) is 25.0 Å². The third-order valence-electron chi connectivity index (χ3n) is 3.43. The Morgan fingerprint density at radius 2 is 1.83 bits per heavy atom. The average molecular weight is 357 g/mol. The lowest BCUT2D eigenvalue weighted by Gasteiger charge is -2.13. The highest BCUT2D eigenvalue weighted by molar-refractivity contribution is 5.89. The van der Waals surface area contributed by atoms with Gasteiger partial charge in [0, 0.05) is 32.7 Å². The molecule has 24 heavy (non-hydrogen) atoms. The summed E-state index contributed by atoms with van der Waals surface area (Å²) in [6.45, 7) is 1.18. The molecule has 0 saturated carbocycles. The Morgan fingerprint density at radius 1 is 1.12 bits per heavy atom. The van der Waals surface area contributed by atoms with Crippen LogP contribution in [-0.2, 0) is 11.3 Å². The van der Waals surface area contributed by atoms with E-state index in [1.165, 1.54) is 4.90 Å². The quantitative estimate of drug-likeness (QED) is 0.594. The molecule has 0 radical (unpaired) electrons. The molecule has 0 saturated heterocycles. The van der Waals surface area contributed by atoms with Crippen LogP contribution in [0.25, 0.3) is 0 Å². The minimum Gasteiger partial charge on any atom is -0.352 e. The van der Waals surface area contributed by atoms with Crippen molar-refractivity contribution in [2.75, 3.05) is 26.0 Å². The second-order valence-electron chi connectivity index (χ2n) is 5.75. The maximum Gasteiger partial charge on any atom is 0.321 e. The molecule has 1 aromatic rings. The van der Waals surface area contributed by atoms with Crippen LogP contribution in [0.15, 0.2) is 24.3 Å². The molecule has 1 aromatic carbocycles. The van der Waals surface area contributed by atoms with Crippen LogP contribution >= 0.6 is 12.4 Å². The maximum atomic E-state index is 11.8. The van der Waals surface area contributed by atoms with E-state index in [4.69, 9.17) is 5.73 Å². The summed E-state index contributed by atoms with van der Waals surface area (Å²) in [6.07, 6.45) is 4.58. The Balaban J connectivity index is 0.00000529. The first-order valence-corrected chi connectivity index (χ1v) is 8.07. The summed E-state index contributed by atoms with van der Waals surface area (Å²) in [7, 11) is 3.37. The number of benzene rings is 1. The summed E-state index contributed by atoms with van der Waals surface area (Å²) in [5, 5.41) is 5.69. The Morgan fingerprint density at radius 3 is 2.50 bits per heavy atom. The summed E-state index contributed by atoms with van der Waals surface area (Å²) >= 11 is 0. The van der Waals surface area contributed by atoms with Crippen molar-refractivity contribution in [1.82, 2.24) is 10.2 Å². The number of nitrogens with zero attached hydrogens (tertiary/aromatic N) is 1. The molecule has 0 spiro atoms. The second-order valence-corrected chi connectivity index (χ2v) is 5.75. The number of nitrogens with one attached hydrogen (secondary N) is 2. The number of amides is 3. The minimum absolute atomic E-state index is 0. The van der Waals surface area contributed by atoms with Crippen LogP contribution in [0.2, 0.25) is 0 Å². The number of hydrogen-bond acceptors (Lipinski definition) is 3. The predicted molar refractivity (Wildman–Crippen MR) is 100 cm³/mol. The highest BCUT2D eigenvalue weighted by atomic mass is 35.5. The number of anilines is 1. The Bertz CT molecular complexity index is 509. The average Bonchev–Trinajstić information content (AvgIpc) is 2.53. The standard InChI is InChI=1S/C17H28N4O2.ClH/c1-21(2)17(23)20-15-9-7-8-14(12-15)13-19-16(22)10-5-3-4-6-11-18;/h7-9,12H,3-6,10-11,13,18H2,1-2H3,(H,19,22)(H,20,23);1H. The van der Waals surface area contributed by atoms with Crippen molar-refractivity contribution >= 4 is 30.0 Å². The van der Waals surface area contributed by atoms with E-state index in [0.29, 0.717) is 19.5 Å². The van der Waals surface area contributed by atoms with E-state index in [0.717, 1.165) is 36.9 Å². The summed E-state index contributed by atoms with van der Waals surface area (Å²) in [6, 6.07) is 7.29. The molecular formula is C17H29ClN4O2. The summed E-state index contributed by atoms with van der Waals surface area (Å²) in [4.78, 5) is 24.9. The third kappa shape index (κ3) is 9.37. The zero-order valence-corrected chi connectivity index (χ0v) is 15.3. The summed E-state index contributed by atoms with van der Waals surface area (Å²) < 4.78 is 0. The molecule has 4 N–H and O–H groups in total. The van der Waals surface area contributed by atoms with Gasteiger partial charge in [0.05, 0.1) is 0 Å². The second kappa shape index (κ2) is 12.6. The number of halogens is 1. The lowest BCUT2D eigenvalue weighted by atomic mass is 10.1. The van der Waals surface area contributed by atoms with Crippen molar-refractivity contribution in [2.24, 2.45) is 5.73 Å². The minimum atomic E-state index is -0.177. The van der Waals surface area contributed by atoms with Gasteiger partial charge in [0.1, 0.15) is 0 Å². The molecule has 0 aliphatic carbocycles. The van der Waals surface area contributed by atoms with Crippen molar-refractivity contribution in [1.29, 1.82) is 0 Å². The monoisotopic (exact) mass is 356 g/mol. The third-order valence-corrected chi connectivity index (χ3v) is 3.43. The highest BCUT2D eigenvalue weighted by Crippen LogP contribution is 2.11. The summed E-state index contributed by atoms with van der Waals surface area (Å²) in [5.41, 5.74) is 7.11.